The second-order valence-electron chi connectivity index (χ2n) is 4.08. The average molecular weight is 140 g/mol. The Balaban J connectivity index is 2.62. The van der Waals surface area contributed by atoms with Crippen molar-refractivity contribution in [3.63, 3.8) is 0 Å². The van der Waals surface area contributed by atoms with Crippen LogP contribution in [0.5, 0.6) is 0 Å². The number of hydrogen-bond donors (Lipinski definition) is 1. The molecule has 1 nitrogen and oxygen atoms in total. The lowest BCUT2D eigenvalue weighted by Gasteiger charge is -2.14. The monoisotopic (exact) mass is 140 g/mol. The smallest absolute Gasteiger partial charge is 0.0534 e. The van der Waals surface area contributed by atoms with Crippen LogP contribution in [0.1, 0.15) is 27.7 Å². The molecule has 0 amide bonds. The molecule has 0 saturated carbocycles. The van der Waals surface area contributed by atoms with Crippen molar-refractivity contribution in [3.05, 3.63) is 11.1 Å². The molecule has 0 aliphatic heterocycles. The van der Waals surface area contributed by atoms with Crippen molar-refractivity contribution in [3.8, 4) is 0 Å². The lowest BCUT2D eigenvalue weighted by Crippen LogP contribution is -2.06. The van der Waals surface area contributed by atoms with Gasteiger partial charge < -0.3 is 5.11 Å². The molecule has 1 atom stereocenters. The molecule has 1 rings (SSSR count). The lowest BCUT2D eigenvalue weighted by atomic mass is 9.91. The normalized spacial score (nSPS) is 25.5. The van der Waals surface area contributed by atoms with E-state index >= 15 is 0 Å². The molecule has 58 valence electrons. The van der Waals surface area contributed by atoms with Gasteiger partial charge >= 0.3 is 0 Å². The van der Waals surface area contributed by atoms with Crippen molar-refractivity contribution in [2.45, 2.75) is 27.7 Å². The van der Waals surface area contributed by atoms with E-state index in [2.05, 4.69) is 27.7 Å². The van der Waals surface area contributed by atoms with Crippen LogP contribution in [-0.2, 0) is 0 Å². The van der Waals surface area contributed by atoms with Crippen molar-refractivity contribution in [2.75, 3.05) is 6.61 Å². The van der Waals surface area contributed by atoms with Crippen molar-refractivity contribution in [1.29, 1.82) is 0 Å². The highest BCUT2D eigenvalue weighted by molar-refractivity contribution is 5.43. The minimum atomic E-state index is 0.275. The largest absolute Gasteiger partial charge is 0.395 e. The Hall–Kier alpha value is -0.300. The van der Waals surface area contributed by atoms with Gasteiger partial charge in [0, 0.05) is 5.92 Å². The second-order valence-corrected chi connectivity index (χ2v) is 4.08. The minimum Gasteiger partial charge on any atom is -0.395 e. The molecule has 1 aliphatic carbocycles. The fraction of sp³-hybridized carbons (Fsp3) is 0.778. The van der Waals surface area contributed by atoms with Crippen molar-refractivity contribution in [1.82, 2.24) is 0 Å². The molecule has 10 heavy (non-hydrogen) atoms. The summed E-state index contributed by atoms with van der Waals surface area (Å²) in [7, 11) is 0. The van der Waals surface area contributed by atoms with E-state index in [0.29, 0.717) is 12.5 Å². The van der Waals surface area contributed by atoms with Gasteiger partial charge in [-0.25, -0.2) is 0 Å². The van der Waals surface area contributed by atoms with Crippen LogP contribution in [0.3, 0.4) is 0 Å². The van der Waals surface area contributed by atoms with Crippen LogP contribution in [0.2, 0.25) is 0 Å². The molecule has 0 aromatic carbocycles. The number of aliphatic hydroxyl groups is 1. The summed E-state index contributed by atoms with van der Waals surface area (Å²) >= 11 is 0. The van der Waals surface area contributed by atoms with E-state index in [1.54, 1.807) is 0 Å². The summed E-state index contributed by atoms with van der Waals surface area (Å²) in [4.78, 5) is 0. The Kier molecular flexibility index (Phi) is 1.63. The minimum absolute atomic E-state index is 0.275. The highest BCUT2D eigenvalue weighted by atomic mass is 16.3. The quantitative estimate of drug-likeness (QED) is 0.552. The highest BCUT2D eigenvalue weighted by Gasteiger charge is 2.39. The van der Waals surface area contributed by atoms with Crippen molar-refractivity contribution in [2.24, 2.45) is 11.3 Å². The van der Waals surface area contributed by atoms with E-state index in [1.807, 2.05) is 0 Å². The van der Waals surface area contributed by atoms with E-state index in [9.17, 15) is 0 Å². The summed E-state index contributed by atoms with van der Waals surface area (Å²) in [5.74, 6) is 0.417. The molecule has 0 aromatic rings. The van der Waals surface area contributed by atoms with Gasteiger partial charge in [0.1, 0.15) is 0 Å². The van der Waals surface area contributed by atoms with Crippen molar-refractivity contribution >= 4 is 0 Å². The zero-order chi connectivity index (χ0) is 7.94. The summed E-state index contributed by atoms with van der Waals surface area (Å²) < 4.78 is 0. The molecule has 0 bridgehead atoms. The third-order valence-electron chi connectivity index (χ3n) is 2.20. The molecular weight excluding hydrogens is 124 g/mol. The molecule has 0 spiro atoms. The molecule has 1 unspecified atom stereocenters. The zero-order valence-corrected chi connectivity index (χ0v) is 7.23. The van der Waals surface area contributed by atoms with E-state index in [4.69, 9.17) is 5.11 Å². The predicted octanol–water partition coefficient (Wildman–Crippen LogP) is 1.97. The van der Waals surface area contributed by atoms with Crippen LogP contribution in [0.4, 0.5) is 0 Å². The van der Waals surface area contributed by atoms with Gasteiger partial charge in [0.25, 0.3) is 0 Å². The first-order chi connectivity index (χ1) is 4.48. The second kappa shape index (κ2) is 2.09. The van der Waals surface area contributed by atoms with Crippen LogP contribution >= 0.6 is 0 Å². The van der Waals surface area contributed by atoms with Gasteiger partial charge in [0.2, 0.25) is 0 Å². The van der Waals surface area contributed by atoms with Crippen LogP contribution in [0, 0.1) is 11.3 Å². The summed E-state index contributed by atoms with van der Waals surface area (Å²) in [6, 6.07) is 0. The number of hydrogen-bond acceptors (Lipinski definition) is 1. The average Bonchev–Trinajstić information content (AvgIpc) is 2.39. The molecule has 0 fully saturated rings. The summed E-state index contributed by atoms with van der Waals surface area (Å²) in [5, 5.41) is 8.87. The Morgan fingerprint density at radius 2 is 1.90 bits per heavy atom. The van der Waals surface area contributed by atoms with E-state index in [1.165, 1.54) is 11.1 Å². The Labute approximate surface area is 62.8 Å². The van der Waals surface area contributed by atoms with Crippen LogP contribution < -0.4 is 0 Å². The van der Waals surface area contributed by atoms with Crippen molar-refractivity contribution < 1.29 is 5.11 Å². The molecular formula is C9H16O. The Morgan fingerprint density at radius 3 is 2.00 bits per heavy atom. The number of aliphatic hydroxyl groups excluding tert-OH is 1. The molecule has 0 heterocycles. The van der Waals surface area contributed by atoms with Gasteiger partial charge in [-0.05, 0) is 12.3 Å². The Bertz CT molecular complexity index is 172. The highest BCUT2D eigenvalue weighted by Crippen LogP contribution is 2.49. The van der Waals surface area contributed by atoms with Gasteiger partial charge in [0.05, 0.1) is 6.61 Å². The van der Waals surface area contributed by atoms with Crippen LogP contribution in [0.15, 0.2) is 11.1 Å². The molecule has 1 N–H and O–H groups in total. The predicted molar refractivity (Wildman–Crippen MR) is 42.7 cm³/mol. The molecule has 0 radical (unpaired) electrons. The summed E-state index contributed by atoms with van der Waals surface area (Å²) in [6.45, 7) is 9.00. The first-order valence-corrected chi connectivity index (χ1v) is 3.80. The van der Waals surface area contributed by atoms with E-state index < -0.39 is 0 Å². The van der Waals surface area contributed by atoms with Crippen LogP contribution in [-0.4, -0.2) is 11.7 Å². The van der Waals surface area contributed by atoms with Gasteiger partial charge in [-0.2, -0.15) is 0 Å². The maximum Gasteiger partial charge on any atom is 0.0534 e. The lowest BCUT2D eigenvalue weighted by molar-refractivity contribution is 0.273. The third kappa shape index (κ3) is 1.10. The fourth-order valence-electron chi connectivity index (χ4n) is 1.73. The summed E-state index contributed by atoms with van der Waals surface area (Å²) in [5.41, 5.74) is 3.13. The standard InChI is InChI=1S/C9H16O/c1-6-7(5-10)8(6)9(2,3)4/h7,10H,5H2,1-4H3. The zero-order valence-electron chi connectivity index (χ0n) is 7.23. The maximum atomic E-state index is 8.87. The van der Waals surface area contributed by atoms with Gasteiger partial charge in [-0.1, -0.05) is 31.9 Å². The molecule has 0 saturated heterocycles. The first kappa shape index (κ1) is 7.80. The first-order valence-electron chi connectivity index (χ1n) is 3.80. The van der Waals surface area contributed by atoms with Crippen LogP contribution in [0.25, 0.3) is 0 Å². The maximum absolute atomic E-state index is 8.87. The van der Waals surface area contributed by atoms with Gasteiger partial charge in [0.15, 0.2) is 0 Å². The van der Waals surface area contributed by atoms with E-state index in [0.717, 1.165) is 0 Å². The summed E-state index contributed by atoms with van der Waals surface area (Å²) in [6.07, 6.45) is 0. The van der Waals surface area contributed by atoms with E-state index in [-0.39, 0.29) is 5.41 Å². The third-order valence-corrected chi connectivity index (χ3v) is 2.20. The Morgan fingerprint density at radius 1 is 1.40 bits per heavy atom. The topological polar surface area (TPSA) is 20.2 Å². The number of rotatable bonds is 1. The van der Waals surface area contributed by atoms with Gasteiger partial charge in [-0.3, -0.25) is 0 Å². The van der Waals surface area contributed by atoms with Gasteiger partial charge in [-0.15, -0.1) is 0 Å². The molecule has 1 heteroatoms. The molecule has 1 aliphatic rings. The fourth-order valence-corrected chi connectivity index (χ4v) is 1.73. The molecule has 0 aromatic heterocycles. The SMILES string of the molecule is CC1=C(C(C)(C)C)C1CO.